The van der Waals surface area contributed by atoms with E-state index in [1.807, 2.05) is 0 Å². The molecule has 8 nitrogen and oxygen atoms in total. The number of rotatable bonds is 7. The highest BCUT2D eigenvalue weighted by Crippen LogP contribution is 2.18. The zero-order valence-electron chi connectivity index (χ0n) is 22.8. The third kappa shape index (κ3) is 233. The van der Waals surface area contributed by atoms with Crippen molar-refractivity contribution in [1.82, 2.24) is 0 Å². The summed E-state index contributed by atoms with van der Waals surface area (Å²) in [6.07, 6.45) is -20.8. The van der Waals surface area contributed by atoms with E-state index < -0.39 is 91.4 Å². The molecular formula is C16H22F24O8. The Balaban J connectivity index is -0.0000000521. The summed E-state index contributed by atoms with van der Waals surface area (Å²) in [5.74, 6) is 0. The van der Waals surface area contributed by atoms with Gasteiger partial charge >= 0.3 is 30.9 Å². The lowest BCUT2D eigenvalue weighted by Crippen LogP contribution is -2.13. The monoisotopic (exact) mass is 798 g/mol. The first kappa shape index (κ1) is 67.3. The Bertz CT molecular complexity index is 536. The van der Waals surface area contributed by atoms with Crippen LogP contribution in [0.3, 0.4) is 0 Å². The first-order valence-electron chi connectivity index (χ1n) is 9.59. The van der Waals surface area contributed by atoms with Gasteiger partial charge in [0.05, 0.1) is 20.1 Å². The van der Waals surface area contributed by atoms with Gasteiger partial charge in [0, 0.05) is 0 Å². The van der Waals surface area contributed by atoms with E-state index in [4.69, 9.17) is 4.79 Å². The summed E-state index contributed by atoms with van der Waals surface area (Å²) in [4.78, 5) is 27.5. The van der Waals surface area contributed by atoms with Crippen molar-refractivity contribution in [3.05, 3.63) is 0 Å². The van der Waals surface area contributed by atoms with Crippen LogP contribution >= 0.6 is 0 Å². The van der Waals surface area contributed by atoms with Crippen LogP contribution in [0, 0.1) is 0 Å². The minimum Gasteiger partial charge on any atom is -0.468 e. The van der Waals surface area contributed by atoms with E-state index in [2.05, 4.69) is 29.2 Å². The summed E-state index contributed by atoms with van der Waals surface area (Å²) in [6, 6.07) is 0. The van der Waals surface area contributed by atoms with Gasteiger partial charge in [-0.3, -0.25) is 4.79 Å². The molecular weight excluding hydrogens is 776 g/mol. The van der Waals surface area contributed by atoms with Crippen LogP contribution in [0.15, 0.2) is 0 Å². The number of alkyl halides is 19. The molecule has 0 saturated heterocycles. The SMILES string of the molecule is COC(=O)F.FCC(F)(F)F.FCF.FCF.FCOF.FCOF.FOCC(F)(F)F.FOCC(F)(F)F.O=COCCC(F)(F)F. The molecule has 0 fully saturated rings. The van der Waals surface area contributed by atoms with Crippen LogP contribution in [-0.2, 0) is 34.0 Å². The third-order valence-electron chi connectivity index (χ3n) is 1.40. The van der Waals surface area contributed by atoms with Crippen molar-refractivity contribution in [2.24, 2.45) is 0 Å². The average Bonchev–Trinajstić information content (AvgIpc) is 2.93. The Hall–Kier alpha value is -2.90. The summed E-state index contributed by atoms with van der Waals surface area (Å²) >= 11 is 0. The van der Waals surface area contributed by atoms with Gasteiger partial charge in [-0.05, 0) is 18.1 Å². The molecule has 0 atom stereocenters. The smallest absolute Gasteiger partial charge is 0.468 e. The topological polar surface area (TPSA) is 89.5 Å². The molecule has 0 rings (SSSR count). The second-order valence-corrected chi connectivity index (χ2v) is 4.90. The largest absolute Gasteiger partial charge is 0.495 e. The first-order valence-corrected chi connectivity index (χ1v) is 9.59. The predicted octanol–water partition coefficient (Wildman–Crippen LogP) is 9.65. The van der Waals surface area contributed by atoms with E-state index in [-0.39, 0.29) is 6.47 Å². The van der Waals surface area contributed by atoms with Crippen LogP contribution in [-0.4, -0.2) is 98.6 Å². The predicted molar refractivity (Wildman–Crippen MR) is 105 cm³/mol. The van der Waals surface area contributed by atoms with Crippen LogP contribution in [0.25, 0.3) is 0 Å². The quantitative estimate of drug-likeness (QED) is 0.109. The molecule has 0 spiro atoms. The summed E-state index contributed by atoms with van der Waals surface area (Å²) in [5.41, 5.74) is 0. The van der Waals surface area contributed by atoms with Crippen LogP contribution in [0.1, 0.15) is 6.42 Å². The molecule has 32 heteroatoms. The number of carbonyl (C=O) groups is 2. The Labute approximate surface area is 251 Å². The van der Waals surface area contributed by atoms with Crippen LogP contribution in [0.5, 0.6) is 0 Å². The summed E-state index contributed by atoms with van der Waals surface area (Å²) in [7, 11) is 0.975. The van der Waals surface area contributed by atoms with Crippen molar-refractivity contribution in [1.29, 1.82) is 0 Å². The van der Waals surface area contributed by atoms with E-state index in [1.54, 1.807) is 0 Å². The standard InChI is InChI=1S/C4H5F3O2.2C2H2F4O.C2H2F4.C2H3FO2.2CH2F2O.2CH2F2/c5-4(6,7)1-2-9-3-8;2*3-2(4,5)1-7-6;3-1-2(4,5)6;1-5-2(3)4;2*2-1-4-3;2*2-1-3/h3H,1-2H2;2*1H2;1H2;1H3;2*1H2;2*1H2. The average molecular weight is 798 g/mol. The molecule has 0 unspecified atom stereocenters. The fraction of sp³-hybridized carbons (Fsp3) is 0.875. The number of carbonyl (C=O) groups excluding carboxylic acids is 2. The highest BCUT2D eigenvalue weighted by Gasteiger charge is 2.29. The lowest BCUT2D eigenvalue weighted by atomic mass is 10.4. The van der Waals surface area contributed by atoms with Crippen molar-refractivity contribution in [3.63, 3.8) is 0 Å². The number of ether oxygens (including phenoxy) is 2. The molecule has 0 radical (unpaired) electrons. The van der Waals surface area contributed by atoms with Gasteiger partial charge in [-0.15, -0.1) is 4.39 Å². The summed E-state index contributed by atoms with van der Waals surface area (Å²) in [6.45, 7) is -12.7. The molecule has 0 aromatic carbocycles. The molecule has 0 amide bonds. The van der Waals surface area contributed by atoms with Crippen molar-refractivity contribution >= 4 is 12.7 Å². The number of hydrogen-bond donors (Lipinski definition) is 0. The molecule has 0 aliphatic rings. The first-order chi connectivity index (χ1) is 21.7. The molecule has 0 aliphatic carbocycles. The van der Waals surface area contributed by atoms with Gasteiger partial charge in [0.15, 0.2) is 19.9 Å². The van der Waals surface area contributed by atoms with Crippen molar-refractivity contribution in [2.75, 3.05) is 61.2 Å². The van der Waals surface area contributed by atoms with Gasteiger partial charge in [-0.25, -0.2) is 35.5 Å². The van der Waals surface area contributed by atoms with Gasteiger partial charge in [-0.1, -0.05) is 0 Å². The maximum atomic E-state index is 11.2. The molecule has 0 N–H and O–H groups in total. The van der Waals surface area contributed by atoms with E-state index in [1.165, 1.54) is 0 Å². The van der Waals surface area contributed by atoms with Gasteiger partial charge in [0.1, 0.15) is 0 Å². The van der Waals surface area contributed by atoms with E-state index in [9.17, 15) is 111 Å². The fourth-order valence-corrected chi connectivity index (χ4v) is 0.346. The molecule has 0 aromatic rings. The van der Waals surface area contributed by atoms with Crippen LogP contribution in [0.2, 0.25) is 0 Å². The molecule has 0 aromatic heterocycles. The highest BCUT2D eigenvalue weighted by molar-refractivity contribution is 5.57. The van der Waals surface area contributed by atoms with E-state index in [0.717, 1.165) is 7.11 Å². The fourth-order valence-electron chi connectivity index (χ4n) is 0.346. The van der Waals surface area contributed by atoms with Crippen molar-refractivity contribution < 1.29 is 145 Å². The molecule has 0 bridgehead atoms. The molecule has 48 heavy (non-hydrogen) atoms. The Morgan fingerprint density at radius 2 is 0.792 bits per heavy atom. The number of hydrogen-bond acceptors (Lipinski definition) is 8. The second kappa shape index (κ2) is 50.9. The highest BCUT2D eigenvalue weighted by atomic mass is 19.4. The number of halogens is 24. The number of methoxy groups -OCH3 is 1. The van der Waals surface area contributed by atoms with Crippen LogP contribution in [0.4, 0.5) is 111 Å². The normalized spacial score (nSPS) is 9.77. The Kier molecular flexibility index (Phi) is 71.4. The summed E-state index contributed by atoms with van der Waals surface area (Å²) in [5, 5.41) is 0. The zero-order chi connectivity index (χ0) is 40.9. The minimum absolute atomic E-state index is 0.00819. The van der Waals surface area contributed by atoms with Crippen molar-refractivity contribution in [2.45, 2.75) is 31.1 Å². The summed E-state index contributed by atoms with van der Waals surface area (Å²) < 4.78 is 256. The lowest BCUT2D eigenvalue weighted by Gasteiger charge is -2.02. The van der Waals surface area contributed by atoms with E-state index >= 15 is 0 Å². The maximum absolute atomic E-state index is 11.2. The Morgan fingerprint density at radius 3 is 0.854 bits per heavy atom. The van der Waals surface area contributed by atoms with Gasteiger partial charge in [0.25, 0.3) is 6.47 Å². The molecule has 0 heterocycles. The zero-order valence-corrected chi connectivity index (χ0v) is 22.8. The minimum atomic E-state index is -4.62. The molecule has 302 valence electrons. The van der Waals surface area contributed by atoms with Gasteiger partial charge in [-0.2, -0.15) is 72.5 Å². The van der Waals surface area contributed by atoms with E-state index in [0.29, 0.717) is 0 Å². The maximum Gasteiger partial charge on any atom is 0.495 e. The molecule has 0 aliphatic heterocycles. The third-order valence-corrected chi connectivity index (χ3v) is 1.40. The van der Waals surface area contributed by atoms with Gasteiger partial charge in [0.2, 0.25) is 27.6 Å². The second-order valence-electron chi connectivity index (χ2n) is 4.90. The Morgan fingerprint density at radius 1 is 0.562 bits per heavy atom. The van der Waals surface area contributed by atoms with Gasteiger partial charge < -0.3 is 9.47 Å². The van der Waals surface area contributed by atoms with Crippen molar-refractivity contribution in [3.8, 4) is 0 Å². The molecule has 0 saturated carbocycles. The lowest BCUT2D eigenvalue weighted by molar-refractivity contribution is -0.245. The van der Waals surface area contributed by atoms with Crippen LogP contribution < -0.4 is 0 Å².